The summed E-state index contributed by atoms with van der Waals surface area (Å²) in [5, 5.41) is 11.4. The highest BCUT2D eigenvalue weighted by molar-refractivity contribution is 8.16. The summed E-state index contributed by atoms with van der Waals surface area (Å²) in [6, 6.07) is 17.6. The zero-order chi connectivity index (χ0) is 17.8. The lowest BCUT2D eigenvalue weighted by atomic mass is 10.2. The van der Waals surface area contributed by atoms with Crippen LogP contribution in [-0.2, 0) is 0 Å². The van der Waals surface area contributed by atoms with E-state index in [-0.39, 0.29) is 5.91 Å². The van der Waals surface area contributed by atoms with Crippen LogP contribution in [0.25, 0.3) is 5.69 Å². The van der Waals surface area contributed by atoms with E-state index in [9.17, 15) is 4.79 Å². The fourth-order valence-corrected chi connectivity index (χ4v) is 5.56. The Morgan fingerprint density at radius 3 is 2.69 bits per heavy atom. The lowest BCUT2D eigenvalue weighted by molar-refractivity contribution is 0.102. The first-order valence-corrected chi connectivity index (χ1v) is 10.5. The molecule has 0 spiro atoms. The summed E-state index contributed by atoms with van der Waals surface area (Å²) in [4.78, 5) is 14.0. The number of carbonyl (C=O) groups excluding carboxylic acids is 1. The van der Waals surface area contributed by atoms with Crippen molar-refractivity contribution in [2.24, 2.45) is 0 Å². The molecule has 5 nitrogen and oxygen atoms in total. The van der Waals surface area contributed by atoms with Gasteiger partial charge in [0, 0.05) is 5.69 Å². The number of nitrogens with one attached hydrogen (secondary N) is 1. The minimum Gasteiger partial charge on any atom is -0.321 e. The van der Waals surface area contributed by atoms with Gasteiger partial charge in [-0.05, 0) is 47.8 Å². The van der Waals surface area contributed by atoms with Gasteiger partial charge in [-0.1, -0.05) is 30.3 Å². The van der Waals surface area contributed by atoms with E-state index in [4.69, 9.17) is 0 Å². The highest BCUT2D eigenvalue weighted by atomic mass is 32.2. The first kappa shape index (κ1) is 17.2. The lowest BCUT2D eigenvalue weighted by Gasteiger charge is -2.21. The molecule has 1 N–H and O–H groups in total. The molecule has 132 valence electrons. The summed E-state index contributed by atoms with van der Waals surface area (Å²) in [7, 11) is 0. The highest BCUT2D eigenvalue weighted by Gasteiger charge is 2.17. The normalized spacial score (nSPS) is 14.9. The predicted molar refractivity (Wildman–Crippen MR) is 108 cm³/mol. The number of nitrogens with zero attached hydrogens (tertiary/aromatic N) is 3. The van der Waals surface area contributed by atoms with Crippen LogP contribution in [-0.4, -0.2) is 32.4 Å². The molecule has 0 unspecified atom stereocenters. The number of hydrogen-bond donors (Lipinski definition) is 1. The van der Waals surface area contributed by atoms with Gasteiger partial charge in [-0.3, -0.25) is 4.79 Å². The molecular formula is C19H18N4OS2. The number of amides is 1. The number of para-hydroxylation sites is 1. The van der Waals surface area contributed by atoms with Crippen molar-refractivity contribution in [2.45, 2.75) is 11.0 Å². The number of rotatable bonds is 4. The molecule has 1 amide bonds. The van der Waals surface area contributed by atoms with E-state index in [0.717, 1.165) is 11.4 Å². The maximum absolute atomic E-state index is 12.5. The monoisotopic (exact) mass is 382 g/mol. The molecule has 7 heteroatoms. The van der Waals surface area contributed by atoms with Crippen molar-refractivity contribution < 1.29 is 4.79 Å². The van der Waals surface area contributed by atoms with Crippen LogP contribution in [0.1, 0.15) is 27.1 Å². The van der Waals surface area contributed by atoms with Gasteiger partial charge in [-0.2, -0.15) is 9.90 Å². The lowest BCUT2D eigenvalue weighted by Crippen LogP contribution is -2.13. The molecule has 2 aromatic carbocycles. The Morgan fingerprint density at radius 1 is 1.08 bits per heavy atom. The Labute approximate surface area is 160 Å². The second kappa shape index (κ2) is 7.97. The van der Waals surface area contributed by atoms with Gasteiger partial charge in [0.1, 0.15) is 0 Å². The molecule has 0 bridgehead atoms. The molecule has 4 rings (SSSR count). The molecule has 0 aliphatic carbocycles. The zero-order valence-corrected chi connectivity index (χ0v) is 15.7. The van der Waals surface area contributed by atoms with Crippen molar-refractivity contribution in [1.29, 1.82) is 0 Å². The van der Waals surface area contributed by atoms with Crippen LogP contribution in [0.15, 0.2) is 60.8 Å². The van der Waals surface area contributed by atoms with Crippen LogP contribution < -0.4 is 5.32 Å². The van der Waals surface area contributed by atoms with Gasteiger partial charge in [-0.15, -0.1) is 28.6 Å². The summed E-state index contributed by atoms with van der Waals surface area (Å²) >= 11 is 3.93. The molecule has 1 aromatic heterocycles. The van der Waals surface area contributed by atoms with Crippen molar-refractivity contribution in [2.75, 3.05) is 16.8 Å². The number of thioether (sulfide) groups is 2. The van der Waals surface area contributed by atoms with Gasteiger partial charge in [0.15, 0.2) is 5.69 Å². The van der Waals surface area contributed by atoms with Crippen molar-refractivity contribution in [1.82, 2.24) is 15.0 Å². The van der Waals surface area contributed by atoms with Crippen molar-refractivity contribution >= 4 is 35.1 Å². The average molecular weight is 383 g/mol. The standard InChI is InChI=1S/C19H18N4OS2/c24-18(17-13-20-23(22-17)16-8-2-1-3-9-16)21-15-7-4-6-14(12-15)19-25-10-5-11-26-19/h1-4,6-9,12-13,19H,5,10-11H2,(H,21,24). The number of benzene rings is 2. The minimum atomic E-state index is -0.256. The van der Waals surface area contributed by atoms with Crippen LogP contribution in [0.5, 0.6) is 0 Å². The Bertz CT molecular complexity index is 891. The van der Waals surface area contributed by atoms with Gasteiger partial charge < -0.3 is 5.32 Å². The molecule has 1 fully saturated rings. The van der Waals surface area contributed by atoms with Crippen LogP contribution in [0.4, 0.5) is 5.69 Å². The third-order valence-corrected chi connectivity index (χ3v) is 6.97. The first-order valence-electron chi connectivity index (χ1n) is 8.42. The van der Waals surface area contributed by atoms with Gasteiger partial charge in [-0.25, -0.2) is 0 Å². The number of anilines is 1. The molecule has 1 saturated heterocycles. The summed E-state index contributed by atoms with van der Waals surface area (Å²) in [5.74, 6) is 2.13. The molecule has 2 heterocycles. The van der Waals surface area contributed by atoms with Gasteiger partial charge in [0.2, 0.25) is 0 Å². The van der Waals surface area contributed by atoms with E-state index in [0.29, 0.717) is 10.3 Å². The molecule has 3 aromatic rings. The molecule has 1 aliphatic rings. The zero-order valence-electron chi connectivity index (χ0n) is 14.0. The average Bonchev–Trinajstić information content (AvgIpc) is 3.20. The van der Waals surface area contributed by atoms with Gasteiger partial charge in [0.25, 0.3) is 5.91 Å². The van der Waals surface area contributed by atoms with Crippen molar-refractivity contribution in [3.05, 3.63) is 72.1 Å². The van der Waals surface area contributed by atoms with E-state index < -0.39 is 0 Å². The first-order chi connectivity index (χ1) is 12.8. The van der Waals surface area contributed by atoms with E-state index in [1.54, 1.807) is 0 Å². The molecule has 26 heavy (non-hydrogen) atoms. The minimum absolute atomic E-state index is 0.256. The topological polar surface area (TPSA) is 59.8 Å². The van der Waals surface area contributed by atoms with E-state index in [1.165, 1.54) is 34.5 Å². The van der Waals surface area contributed by atoms with Gasteiger partial charge >= 0.3 is 0 Å². The molecule has 1 aliphatic heterocycles. The quantitative estimate of drug-likeness (QED) is 0.725. The fourth-order valence-electron chi connectivity index (χ4n) is 2.69. The van der Waals surface area contributed by atoms with Crippen molar-refractivity contribution in [3.8, 4) is 5.69 Å². The third kappa shape index (κ3) is 3.94. The Morgan fingerprint density at radius 2 is 1.88 bits per heavy atom. The van der Waals surface area contributed by atoms with Crippen molar-refractivity contribution in [3.63, 3.8) is 0 Å². The molecule has 0 saturated carbocycles. The Balaban J connectivity index is 1.47. The van der Waals surface area contributed by atoms with Crippen LogP contribution in [0.2, 0.25) is 0 Å². The summed E-state index contributed by atoms with van der Waals surface area (Å²) < 4.78 is 0.444. The fraction of sp³-hybridized carbons (Fsp3) is 0.211. The Kier molecular flexibility index (Phi) is 5.26. The predicted octanol–water partition coefficient (Wildman–Crippen LogP) is 4.39. The smallest absolute Gasteiger partial charge is 0.277 e. The molecule has 0 atom stereocenters. The molecule has 0 radical (unpaired) electrons. The second-order valence-corrected chi connectivity index (χ2v) is 8.59. The highest BCUT2D eigenvalue weighted by Crippen LogP contribution is 2.44. The summed E-state index contributed by atoms with van der Waals surface area (Å²) in [6.07, 6.45) is 2.75. The number of aromatic nitrogens is 3. The van der Waals surface area contributed by atoms with E-state index in [1.807, 2.05) is 66.0 Å². The van der Waals surface area contributed by atoms with Gasteiger partial charge in [0.05, 0.1) is 16.5 Å². The maximum Gasteiger partial charge on any atom is 0.277 e. The van der Waals surface area contributed by atoms with Crippen LogP contribution in [0, 0.1) is 0 Å². The third-order valence-electron chi connectivity index (χ3n) is 3.96. The second-order valence-electron chi connectivity index (χ2n) is 5.86. The largest absolute Gasteiger partial charge is 0.321 e. The maximum atomic E-state index is 12.5. The SMILES string of the molecule is O=C(Nc1cccc(C2SCCCS2)c1)c1cnn(-c2ccccc2)n1. The number of carbonyl (C=O) groups is 1. The van der Waals surface area contributed by atoms with Crippen LogP contribution >= 0.6 is 23.5 Å². The Hall–Kier alpha value is -2.25. The van der Waals surface area contributed by atoms with E-state index >= 15 is 0 Å². The summed E-state index contributed by atoms with van der Waals surface area (Å²) in [6.45, 7) is 0. The van der Waals surface area contributed by atoms with Crippen LogP contribution in [0.3, 0.4) is 0 Å². The number of hydrogen-bond acceptors (Lipinski definition) is 5. The van der Waals surface area contributed by atoms with E-state index in [2.05, 4.69) is 27.6 Å². The molecular weight excluding hydrogens is 364 g/mol. The summed E-state index contributed by atoms with van der Waals surface area (Å²) in [5.41, 5.74) is 3.14.